The predicted molar refractivity (Wildman–Crippen MR) is 73.0 cm³/mol. The van der Waals surface area contributed by atoms with Gasteiger partial charge in [0.25, 0.3) is 5.89 Å². The first-order valence-corrected chi connectivity index (χ1v) is 6.88. The molecular formula is C14H15N5O. The summed E-state index contributed by atoms with van der Waals surface area (Å²) >= 11 is 0. The second kappa shape index (κ2) is 4.72. The lowest BCUT2D eigenvalue weighted by Crippen LogP contribution is -2.18. The van der Waals surface area contributed by atoms with E-state index in [4.69, 9.17) is 4.42 Å². The van der Waals surface area contributed by atoms with Gasteiger partial charge in [-0.25, -0.2) is 4.52 Å². The van der Waals surface area contributed by atoms with E-state index in [-0.39, 0.29) is 0 Å². The molecule has 1 fully saturated rings. The van der Waals surface area contributed by atoms with Crippen LogP contribution >= 0.6 is 0 Å². The van der Waals surface area contributed by atoms with Crippen molar-refractivity contribution in [3.63, 3.8) is 0 Å². The van der Waals surface area contributed by atoms with Gasteiger partial charge in [0.15, 0.2) is 5.69 Å². The highest BCUT2D eigenvalue weighted by Gasteiger charge is 2.17. The number of hydrogen-bond acceptors (Lipinski definition) is 5. The lowest BCUT2D eigenvalue weighted by molar-refractivity contribution is 0.292. The van der Waals surface area contributed by atoms with E-state index in [9.17, 15) is 0 Å². The van der Waals surface area contributed by atoms with E-state index in [0.29, 0.717) is 11.8 Å². The molecule has 4 heterocycles. The van der Waals surface area contributed by atoms with Crippen molar-refractivity contribution >= 4 is 5.52 Å². The third kappa shape index (κ3) is 2.08. The molecule has 0 atom stereocenters. The smallest absolute Gasteiger partial charge is 0.268 e. The van der Waals surface area contributed by atoms with Crippen LogP contribution < -0.4 is 0 Å². The molecule has 1 aliphatic heterocycles. The molecule has 1 saturated heterocycles. The Morgan fingerprint density at radius 2 is 2.05 bits per heavy atom. The second-order valence-electron chi connectivity index (χ2n) is 5.08. The normalized spacial score (nSPS) is 16.2. The van der Waals surface area contributed by atoms with Gasteiger partial charge in [-0.05, 0) is 44.1 Å². The molecule has 0 bridgehead atoms. The quantitative estimate of drug-likeness (QED) is 0.727. The summed E-state index contributed by atoms with van der Waals surface area (Å²) in [5.41, 5.74) is 1.73. The van der Waals surface area contributed by atoms with E-state index < -0.39 is 0 Å². The molecule has 0 saturated carbocycles. The molecule has 3 aromatic rings. The minimum atomic E-state index is 0.489. The average molecular weight is 269 g/mol. The highest BCUT2D eigenvalue weighted by atomic mass is 16.4. The topological polar surface area (TPSA) is 59.5 Å². The van der Waals surface area contributed by atoms with E-state index >= 15 is 0 Å². The lowest BCUT2D eigenvalue weighted by atomic mass is 10.3. The predicted octanol–water partition coefficient (Wildman–Crippen LogP) is 1.98. The van der Waals surface area contributed by atoms with Gasteiger partial charge in [-0.15, -0.1) is 10.2 Å². The van der Waals surface area contributed by atoms with Crippen LogP contribution in [0.4, 0.5) is 0 Å². The minimum absolute atomic E-state index is 0.489. The summed E-state index contributed by atoms with van der Waals surface area (Å²) in [5, 5.41) is 12.7. The van der Waals surface area contributed by atoms with Crippen LogP contribution in [-0.2, 0) is 6.54 Å². The first kappa shape index (κ1) is 11.6. The fourth-order valence-electron chi connectivity index (χ4n) is 2.60. The molecule has 0 spiro atoms. The molecule has 6 nitrogen and oxygen atoms in total. The maximum Gasteiger partial charge on any atom is 0.268 e. The Labute approximate surface area is 116 Å². The molecule has 3 aromatic heterocycles. The van der Waals surface area contributed by atoms with Gasteiger partial charge in [0.05, 0.1) is 12.1 Å². The van der Waals surface area contributed by atoms with Crippen molar-refractivity contribution in [2.75, 3.05) is 13.1 Å². The van der Waals surface area contributed by atoms with Crippen LogP contribution in [0.3, 0.4) is 0 Å². The summed E-state index contributed by atoms with van der Waals surface area (Å²) in [6, 6.07) is 7.87. The first-order chi connectivity index (χ1) is 9.88. The largest absolute Gasteiger partial charge is 0.418 e. The van der Waals surface area contributed by atoms with Crippen molar-refractivity contribution in [1.82, 2.24) is 24.7 Å². The summed E-state index contributed by atoms with van der Waals surface area (Å²) in [4.78, 5) is 2.33. The van der Waals surface area contributed by atoms with E-state index in [1.807, 2.05) is 30.5 Å². The molecule has 4 rings (SSSR count). The Morgan fingerprint density at radius 3 is 2.90 bits per heavy atom. The molecule has 20 heavy (non-hydrogen) atoms. The highest BCUT2D eigenvalue weighted by molar-refractivity contribution is 5.59. The molecule has 0 aliphatic carbocycles. The van der Waals surface area contributed by atoms with Crippen molar-refractivity contribution in [1.29, 1.82) is 0 Å². The average Bonchev–Trinajstić information content (AvgIpc) is 3.18. The molecule has 0 unspecified atom stereocenters. The minimum Gasteiger partial charge on any atom is -0.418 e. The third-order valence-electron chi connectivity index (χ3n) is 3.61. The van der Waals surface area contributed by atoms with Gasteiger partial charge in [-0.3, -0.25) is 4.90 Å². The van der Waals surface area contributed by atoms with Crippen molar-refractivity contribution in [3.05, 3.63) is 36.4 Å². The SMILES string of the molecule is c1ccn2nc(-c3nnc(CN4CCCC4)o3)cc2c1. The van der Waals surface area contributed by atoms with Crippen LogP contribution in [0.15, 0.2) is 34.9 Å². The number of hydrogen-bond donors (Lipinski definition) is 0. The van der Waals surface area contributed by atoms with Gasteiger partial charge >= 0.3 is 0 Å². The number of nitrogens with zero attached hydrogens (tertiary/aromatic N) is 5. The van der Waals surface area contributed by atoms with Crippen LogP contribution in [0.2, 0.25) is 0 Å². The standard InChI is InChI=1S/C14H15N5O/c1-2-8-19-11(5-1)9-12(17-19)14-16-15-13(20-14)10-18-6-3-4-7-18/h1-2,5,8-9H,3-4,6-7,10H2. The maximum absolute atomic E-state index is 5.72. The summed E-state index contributed by atoms with van der Waals surface area (Å²) < 4.78 is 7.53. The first-order valence-electron chi connectivity index (χ1n) is 6.88. The molecule has 1 aliphatic rings. The zero-order chi connectivity index (χ0) is 13.4. The molecule has 0 N–H and O–H groups in total. The summed E-state index contributed by atoms with van der Waals surface area (Å²) in [6.07, 6.45) is 4.42. The summed E-state index contributed by atoms with van der Waals surface area (Å²) in [7, 11) is 0. The van der Waals surface area contributed by atoms with Crippen molar-refractivity contribution in [2.24, 2.45) is 0 Å². The number of pyridine rings is 1. The fourth-order valence-corrected chi connectivity index (χ4v) is 2.60. The van der Waals surface area contributed by atoms with Crippen LogP contribution in [0.25, 0.3) is 17.1 Å². The Balaban J connectivity index is 1.60. The summed E-state index contributed by atoms with van der Waals surface area (Å²) in [5.74, 6) is 1.15. The second-order valence-corrected chi connectivity index (χ2v) is 5.08. The van der Waals surface area contributed by atoms with Gasteiger partial charge < -0.3 is 4.42 Å². The van der Waals surface area contributed by atoms with Crippen LogP contribution in [0, 0.1) is 0 Å². The van der Waals surface area contributed by atoms with Crippen molar-refractivity contribution in [3.8, 4) is 11.6 Å². The maximum atomic E-state index is 5.72. The Kier molecular flexibility index (Phi) is 2.74. The molecule has 0 radical (unpaired) electrons. The molecular weight excluding hydrogens is 254 g/mol. The highest BCUT2D eigenvalue weighted by Crippen LogP contribution is 2.19. The van der Waals surface area contributed by atoms with Crippen LogP contribution in [0.1, 0.15) is 18.7 Å². The third-order valence-corrected chi connectivity index (χ3v) is 3.61. The molecule has 0 amide bonds. The van der Waals surface area contributed by atoms with Crippen molar-refractivity contribution in [2.45, 2.75) is 19.4 Å². The Morgan fingerprint density at radius 1 is 1.15 bits per heavy atom. The van der Waals surface area contributed by atoms with Gasteiger partial charge in [0, 0.05) is 6.20 Å². The zero-order valence-electron chi connectivity index (χ0n) is 11.1. The summed E-state index contributed by atoms with van der Waals surface area (Å²) in [6.45, 7) is 2.97. The van der Waals surface area contributed by atoms with Crippen LogP contribution in [0.5, 0.6) is 0 Å². The van der Waals surface area contributed by atoms with E-state index in [0.717, 1.165) is 30.8 Å². The number of likely N-dealkylation sites (tertiary alicyclic amines) is 1. The van der Waals surface area contributed by atoms with E-state index in [1.54, 1.807) is 4.52 Å². The zero-order valence-corrected chi connectivity index (χ0v) is 11.1. The Bertz CT molecular complexity index is 693. The number of fused-ring (bicyclic) bond motifs is 1. The van der Waals surface area contributed by atoms with Gasteiger partial charge in [-0.1, -0.05) is 6.07 Å². The number of aromatic nitrogens is 4. The Hall–Kier alpha value is -2.21. The monoisotopic (exact) mass is 269 g/mol. The van der Waals surface area contributed by atoms with Crippen molar-refractivity contribution < 1.29 is 4.42 Å². The van der Waals surface area contributed by atoms with E-state index in [2.05, 4.69) is 20.2 Å². The number of rotatable bonds is 3. The fraction of sp³-hybridized carbons (Fsp3) is 0.357. The van der Waals surface area contributed by atoms with Gasteiger partial charge in [0.1, 0.15) is 0 Å². The molecule has 0 aromatic carbocycles. The van der Waals surface area contributed by atoms with Crippen LogP contribution in [-0.4, -0.2) is 37.8 Å². The lowest BCUT2D eigenvalue weighted by Gasteiger charge is -2.10. The van der Waals surface area contributed by atoms with Gasteiger partial charge in [0.2, 0.25) is 5.89 Å². The molecule has 6 heteroatoms. The van der Waals surface area contributed by atoms with Gasteiger partial charge in [-0.2, -0.15) is 5.10 Å². The molecule has 102 valence electrons. The van der Waals surface area contributed by atoms with E-state index in [1.165, 1.54) is 12.8 Å².